The van der Waals surface area contributed by atoms with Gasteiger partial charge < -0.3 is 20.7 Å². The number of aromatic hydroxyl groups is 2. The van der Waals surface area contributed by atoms with Crippen molar-refractivity contribution in [3.05, 3.63) is 23.5 Å². The first-order valence-corrected chi connectivity index (χ1v) is 4.17. The summed E-state index contributed by atoms with van der Waals surface area (Å²) in [5.41, 5.74) is -1.02. The van der Waals surface area contributed by atoms with Crippen LogP contribution in [0, 0.1) is 5.82 Å². The molecule has 0 saturated heterocycles. The van der Waals surface area contributed by atoms with Crippen LogP contribution in [0.5, 0.6) is 11.5 Å². The molecule has 1 aromatic carbocycles. The largest absolute Gasteiger partial charge is 0.504 e. The first kappa shape index (κ1) is 11.8. The highest BCUT2D eigenvalue weighted by atomic mass is 19.1. The van der Waals surface area contributed by atoms with Crippen molar-refractivity contribution >= 4 is 11.6 Å². The number of hydrogen-bond acceptors (Lipinski definition) is 5. The molecular weight excluding hydrogens is 219 g/mol. The lowest BCUT2D eigenvalue weighted by molar-refractivity contribution is -0.114. The van der Waals surface area contributed by atoms with Gasteiger partial charge in [0.2, 0.25) is 0 Å². The van der Waals surface area contributed by atoms with Gasteiger partial charge in [0.15, 0.2) is 17.2 Å². The molecular formula is C9H9FN2O4. The molecule has 0 fully saturated rings. The molecule has 0 aliphatic rings. The number of amides is 1. The van der Waals surface area contributed by atoms with Crippen LogP contribution in [-0.4, -0.2) is 34.1 Å². The average molecular weight is 228 g/mol. The molecule has 0 aromatic heterocycles. The summed E-state index contributed by atoms with van der Waals surface area (Å²) in [5, 5.41) is 31.5. The number of phenolic OH excluding ortho intramolecular Hbond substituents is 2. The van der Waals surface area contributed by atoms with E-state index in [1.165, 1.54) is 7.05 Å². The van der Waals surface area contributed by atoms with Gasteiger partial charge in [-0.25, -0.2) is 4.39 Å². The Morgan fingerprint density at radius 2 is 1.94 bits per heavy atom. The Morgan fingerprint density at radius 3 is 2.44 bits per heavy atom. The van der Waals surface area contributed by atoms with Crippen molar-refractivity contribution in [1.82, 2.24) is 5.32 Å². The van der Waals surface area contributed by atoms with Crippen molar-refractivity contribution in [2.75, 3.05) is 7.05 Å². The second-order valence-electron chi connectivity index (χ2n) is 2.85. The van der Waals surface area contributed by atoms with E-state index in [0.29, 0.717) is 6.07 Å². The highest BCUT2D eigenvalue weighted by molar-refractivity contribution is 6.45. The SMILES string of the molecule is CNC(=O)C(=NO)c1cc(O)c(O)cc1F. The lowest BCUT2D eigenvalue weighted by Gasteiger charge is -2.06. The summed E-state index contributed by atoms with van der Waals surface area (Å²) in [7, 11) is 1.27. The van der Waals surface area contributed by atoms with E-state index in [0.717, 1.165) is 6.07 Å². The van der Waals surface area contributed by atoms with Crippen molar-refractivity contribution < 1.29 is 24.6 Å². The van der Waals surface area contributed by atoms with Crippen molar-refractivity contribution in [2.24, 2.45) is 5.16 Å². The molecule has 0 radical (unpaired) electrons. The molecule has 86 valence electrons. The van der Waals surface area contributed by atoms with Gasteiger partial charge in [-0.1, -0.05) is 5.16 Å². The zero-order valence-electron chi connectivity index (χ0n) is 8.23. The standard InChI is InChI=1S/C9H9FN2O4/c1-11-9(15)8(12-16)4-2-6(13)7(14)3-5(4)10/h2-3,13-14,16H,1H3,(H,11,15). The predicted octanol–water partition coefficient (Wildman–Crippen LogP) is 0.161. The maximum atomic E-state index is 13.3. The Kier molecular flexibility index (Phi) is 3.29. The molecule has 4 N–H and O–H groups in total. The van der Waals surface area contributed by atoms with Gasteiger partial charge in [-0.3, -0.25) is 4.79 Å². The zero-order valence-corrected chi connectivity index (χ0v) is 8.23. The molecule has 0 aliphatic carbocycles. The van der Waals surface area contributed by atoms with Gasteiger partial charge in [0.1, 0.15) is 5.82 Å². The first-order chi connectivity index (χ1) is 7.51. The fourth-order valence-corrected chi connectivity index (χ4v) is 1.07. The summed E-state index contributed by atoms with van der Waals surface area (Å²) in [6.45, 7) is 0. The number of oxime groups is 1. The van der Waals surface area contributed by atoms with E-state index in [2.05, 4.69) is 10.5 Å². The van der Waals surface area contributed by atoms with Crippen LogP contribution in [-0.2, 0) is 4.79 Å². The molecule has 1 aromatic rings. The molecule has 0 saturated carbocycles. The average Bonchev–Trinajstić information content (AvgIpc) is 2.26. The smallest absolute Gasteiger partial charge is 0.273 e. The minimum atomic E-state index is -0.994. The Balaban J connectivity index is 3.32. The van der Waals surface area contributed by atoms with Crippen LogP contribution < -0.4 is 5.32 Å². The molecule has 0 heterocycles. The van der Waals surface area contributed by atoms with Crippen LogP contribution in [0.4, 0.5) is 4.39 Å². The molecule has 1 rings (SSSR count). The van der Waals surface area contributed by atoms with Crippen molar-refractivity contribution in [2.45, 2.75) is 0 Å². The monoisotopic (exact) mass is 228 g/mol. The highest BCUT2D eigenvalue weighted by Gasteiger charge is 2.19. The third kappa shape index (κ3) is 2.02. The zero-order chi connectivity index (χ0) is 12.3. The normalized spacial score (nSPS) is 11.2. The number of rotatable bonds is 2. The topological polar surface area (TPSA) is 102 Å². The van der Waals surface area contributed by atoms with Gasteiger partial charge in [0.25, 0.3) is 5.91 Å². The molecule has 6 nitrogen and oxygen atoms in total. The Bertz CT molecular complexity index is 459. The lowest BCUT2D eigenvalue weighted by Crippen LogP contribution is -2.29. The third-order valence-electron chi connectivity index (χ3n) is 1.86. The van der Waals surface area contributed by atoms with Crippen LogP contribution in [0.15, 0.2) is 17.3 Å². The Morgan fingerprint density at radius 1 is 1.38 bits per heavy atom. The molecule has 0 unspecified atom stereocenters. The predicted molar refractivity (Wildman–Crippen MR) is 52.1 cm³/mol. The number of hydrogen-bond donors (Lipinski definition) is 4. The number of nitrogens with one attached hydrogen (secondary N) is 1. The van der Waals surface area contributed by atoms with Gasteiger partial charge >= 0.3 is 0 Å². The Labute approximate surface area is 89.6 Å². The van der Waals surface area contributed by atoms with Crippen LogP contribution in [0.2, 0.25) is 0 Å². The van der Waals surface area contributed by atoms with Crippen molar-refractivity contribution in [1.29, 1.82) is 0 Å². The van der Waals surface area contributed by atoms with E-state index in [-0.39, 0.29) is 0 Å². The second-order valence-corrected chi connectivity index (χ2v) is 2.85. The quantitative estimate of drug-likeness (QED) is 0.250. The summed E-state index contributed by atoms with van der Waals surface area (Å²) in [5.74, 6) is -3.12. The highest BCUT2D eigenvalue weighted by Crippen LogP contribution is 2.27. The van der Waals surface area contributed by atoms with E-state index in [9.17, 15) is 9.18 Å². The first-order valence-electron chi connectivity index (χ1n) is 4.17. The fraction of sp³-hybridized carbons (Fsp3) is 0.111. The number of benzene rings is 1. The number of carbonyl (C=O) groups excluding carboxylic acids is 1. The summed E-state index contributed by atoms with van der Waals surface area (Å²) in [6.07, 6.45) is 0. The summed E-state index contributed by atoms with van der Waals surface area (Å²) < 4.78 is 13.3. The van der Waals surface area contributed by atoms with E-state index in [1.54, 1.807) is 0 Å². The van der Waals surface area contributed by atoms with Gasteiger partial charge in [0, 0.05) is 18.7 Å². The fourth-order valence-electron chi connectivity index (χ4n) is 1.07. The molecule has 0 atom stereocenters. The molecule has 1 amide bonds. The summed E-state index contributed by atoms with van der Waals surface area (Å²) in [4.78, 5) is 11.2. The molecule has 16 heavy (non-hydrogen) atoms. The lowest BCUT2D eigenvalue weighted by atomic mass is 10.1. The van der Waals surface area contributed by atoms with Crippen LogP contribution in [0.1, 0.15) is 5.56 Å². The van der Waals surface area contributed by atoms with Gasteiger partial charge in [0.05, 0.1) is 0 Å². The van der Waals surface area contributed by atoms with Crippen molar-refractivity contribution in [3.8, 4) is 11.5 Å². The summed E-state index contributed by atoms with van der Waals surface area (Å²) in [6, 6.07) is 1.40. The van der Waals surface area contributed by atoms with Crippen LogP contribution >= 0.6 is 0 Å². The summed E-state index contributed by atoms with van der Waals surface area (Å²) >= 11 is 0. The molecule has 0 bridgehead atoms. The number of likely N-dealkylation sites (N-methyl/N-ethyl adjacent to an activating group) is 1. The number of nitrogens with zero attached hydrogens (tertiary/aromatic N) is 1. The number of halogens is 1. The van der Waals surface area contributed by atoms with Gasteiger partial charge in [-0.2, -0.15) is 0 Å². The number of carbonyl (C=O) groups is 1. The third-order valence-corrected chi connectivity index (χ3v) is 1.86. The van der Waals surface area contributed by atoms with E-state index >= 15 is 0 Å². The number of phenols is 2. The van der Waals surface area contributed by atoms with Crippen LogP contribution in [0.3, 0.4) is 0 Å². The maximum Gasteiger partial charge on any atom is 0.273 e. The van der Waals surface area contributed by atoms with Gasteiger partial charge in [-0.15, -0.1) is 0 Å². The second kappa shape index (κ2) is 4.47. The van der Waals surface area contributed by atoms with E-state index in [4.69, 9.17) is 15.4 Å². The van der Waals surface area contributed by atoms with Gasteiger partial charge in [-0.05, 0) is 6.07 Å². The van der Waals surface area contributed by atoms with Crippen LogP contribution in [0.25, 0.3) is 0 Å². The molecule has 7 heteroatoms. The van der Waals surface area contributed by atoms with E-state index < -0.39 is 34.5 Å². The molecule has 0 aliphatic heterocycles. The van der Waals surface area contributed by atoms with E-state index in [1.807, 2.05) is 0 Å². The molecule has 0 spiro atoms. The maximum absolute atomic E-state index is 13.3. The minimum Gasteiger partial charge on any atom is -0.504 e. The minimum absolute atomic E-state index is 0.419. The van der Waals surface area contributed by atoms with Crippen molar-refractivity contribution in [3.63, 3.8) is 0 Å². The Hall–Kier alpha value is -2.31.